The molecule has 1 saturated carbocycles. The molecule has 0 aromatic carbocycles. The van der Waals surface area contributed by atoms with Crippen LogP contribution in [0.3, 0.4) is 0 Å². The summed E-state index contributed by atoms with van der Waals surface area (Å²) in [6.45, 7) is 3.71. The summed E-state index contributed by atoms with van der Waals surface area (Å²) in [7, 11) is -3.28. The van der Waals surface area contributed by atoms with E-state index in [0.29, 0.717) is 0 Å². The number of amidine groups is 1. The van der Waals surface area contributed by atoms with Crippen LogP contribution in [0, 0.1) is 11.8 Å². The number of nitrogens with two attached hydrogens (primary N) is 1. The largest absolute Gasteiger partial charge is 0.409 e. The first-order valence-corrected chi connectivity index (χ1v) is 7.48. The minimum atomic E-state index is -3.28. The maximum Gasteiger partial charge on any atom is 0.212 e. The number of oxime groups is 1. The first kappa shape index (κ1) is 14.2. The fourth-order valence-electron chi connectivity index (χ4n) is 2.25. The van der Waals surface area contributed by atoms with Crippen molar-refractivity contribution in [2.75, 3.05) is 5.75 Å². The number of nitrogens with zero attached hydrogens (tertiary/aromatic N) is 1. The molecule has 0 heterocycles. The Bertz CT molecular complexity index is 378. The molecule has 0 saturated heterocycles. The quantitative estimate of drug-likeness (QED) is 0.290. The minimum Gasteiger partial charge on any atom is -0.409 e. The fourth-order valence-corrected chi connectivity index (χ4v) is 3.96. The Labute approximate surface area is 102 Å². The molecular weight excluding hydrogens is 242 g/mol. The number of hydrogen-bond acceptors (Lipinski definition) is 4. The van der Waals surface area contributed by atoms with Crippen LogP contribution in [0.5, 0.6) is 0 Å². The number of sulfonamides is 1. The van der Waals surface area contributed by atoms with Gasteiger partial charge in [-0.15, -0.1) is 0 Å². The van der Waals surface area contributed by atoms with Gasteiger partial charge in [-0.05, 0) is 18.8 Å². The summed E-state index contributed by atoms with van der Waals surface area (Å²) in [6.07, 6.45) is 2.37. The monoisotopic (exact) mass is 263 g/mol. The average Bonchev–Trinajstić information content (AvgIpc) is 2.61. The first-order chi connectivity index (χ1) is 7.85. The van der Waals surface area contributed by atoms with Crippen LogP contribution >= 0.6 is 0 Å². The van der Waals surface area contributed by atoms with E-state index in [1.807, 2.05) is 13.8 Å². The normalized spacial score (nSPS) is 26.6. The first-order valence-electron chi connectivity index (χ1n) is 5.83. The topological polar surface area (TPSA) is 105 Å². The molecule has 0 aliphatic heterocycles. The predicted octanol–water partition coefficient (Wildman–Crippen LogP) is 0.477. The molecule has 0 amide bonds. The van der Waals surface area contributed by atoms with Gasteiger partial charge in [-0.2, -0.15) is 0 Å². The van der Waals surface area contributed by atoms with Gasteiger partial charge in [0.2, 0.25) is 10.0 Å². The van der Waals surface area contributed by atoms with E-state index in [2.05, 4.69) is 9.88 Å². The zero-order valence-corrected chi connectivity index (χ0v) is 11.1. The van der Waals surface area contributed by atoms with Gasteiger partial charge in [0, 0.05) is 12.0 Å². The third kappa shape index (κ3) is 4.16. The zero-order valence-electron chi connectivity index (χ0n) is 10.3. The standard InChI is InChI=1S/C10H21N3O3S/c1-7(2)6-17(15,16)13-9-5-3-4-8(9)10(11)12-14/h7-9,13-14H,3-6H2,1-2H3,(H2,11,12). The maximum absolute atomic E-state index is 11.8. The summed E-state index contributed by atoms with van der Waals surface area (Å²) in [4.78, 5) is 0. The number of nitrogens with one attached hydrogen (secondary N) is 1. The molecule has 2 atom stereocenters. The highest BCUT2D eigenvalue weighted by Crippen LogP contribution is 2.26. The molecule has 0 radical (unpaired) electrons. The van der Waals surface area contributed by atoms with Crippen LogP contribution in [0.25, 0.3) is 0 Å². The summed E-state index contributed by atoms with van der Waals surface area (Å²) in [5.41, 5.74) is 5.55. The highest BCUT2D eigenvalue weighted by atomic mass is 32.2. The predicted molar refractivity (Wildman–Crippen MR) is 66.3 cm³/mol. The maximum atomic E-state index is 11.8. The second kappa shape index (κ2) is 5.68. The number of hydrogen-bond donors (Lipinski definition) is 3. The van der Waals surface area contributed by atoms with E-state index < -0.39 is 10.0 Å². The van der Waals surface area contributed by atoms with Crippen molar-refractivity contribution in [3.05, 3.63) is 0 Å². The molecular formula is C10H21N3O3S. The lowest BCUT2D eigenvalue weighted by Crippen LogP contribution is -2.43. The van der Waals surface area contributed by atoms with Gasteiger partial charge in [-0.1, -0.05) is 25.4 Å². The molecule has 1 fully saturated rings. The molecule has 17 heavy (non-hydrogen) atoms. The molecule has 7 heteroatoms. The van der Waals surface area contributed by atoms with Crippen molar-refractivity contribution in [3.8, 4) is 0 Å². The van der Waals surface area contributed by atoms with Gasteiger partial charge in [0.15, 0.2) is 0 Å². The summed E-state index contributed by atoms with van der Waals surface area (Å²) in [5, 5.41) is 11.6. The SMILES string of the molecule is CC(C)CS(=O)(=O)NC1CCCC1C(N)=NO. The highest BCUT2D eigenvalue weighted by molar-refractivity contribution is 7.89. The molecule has 1 aliphatic rings. The molecule has 0 aromatic heterocycles. The van der Waals surface area contributed by atoms with Crippen LogP contribution in [-0.2, 0) is 10.0 Å². The van der Waals surface area contributed by atoms with Crippen LogP contribution < -0.4 is 10.5 Å². The minimum absolute atomic E-state index is 0.0798. The van der Waals surface area contributed by atoms with Crippen LogP contribution in [0.15, 0.2) is 5.16 Å². The third-order valence-electron chi connectivity index (χ3n) is 2.90. The lowest BCUT2D eigenvalue weighted by atomic mass is 10.0. The van der Waals surface area contributed by atoms with E-state index in [4.69, 9.17) is 10.9 Å². The summed E-state index contributed by atoms with van der Waals surface area (Å²) < 4.78 is 26.3. The second-order valence-electron chi connectivity index (χ2n) is 4.96. The fraction of sp³-hybridized carbons (Fsp3) is 0.900. The van der Waals surface area contributed by atoms with Gasteiger partial charge < -0.3 is 10.9 Å². The molecule has 0 bridgehead atoms. The van der Waals surface area contributed by atoms with E-state index in [9.17, 15) is 8.42 Å². The average molecular weight is 263 g/mol. The van der Waals surface area contributed by atoms with Crippen molar-refractivity contribution in [1.82, 2.24) is 4.72 Å². The van der Waals surface area contributed by atoms with Gasteiger partial charge in [-0.25, -0.2) is 13.1 Å². The molecule has 0 aromatic rings. The van der Waals surface area contributed by atoms with E-state index in [0.717, 1.165) is 19.3 Å². The van der Waals surface area contributed by atoms with E-state index >= 15 is 0 Å². The van der Waals surface area contributed by atoms with Crippen molar-refractivity contribution in [2.24, 2.45) is 22.7 Å². The van der Waals surface area contributed by atoms with Crippen molar-refractivity contribution >= 4 is 15.9 Å². The Morgan fingerprint density at radius 1 is 1.53 bits per heavy atom. The Morgan fingerprint density at radius 3 is 2.71 bits per heavy atom. The Hall–Kier alpha value is -0.820. The molecule has 6 nitrogen and oxygen atoms in total. The smallest absolute Gasteiger partial charge is 0.212 e. The van der Waals surface area contributed by atoms with E-state index in [1.54, 1.807) is 0 Å². The summed E-state index contributed by atoms with van der Waals surface area (Å²) >= 11 is 0. The highest BCUT2D eigenvalue weighted by Gasteiger charge is 2.33. The molecule has 4 N–H and O–H groups in total. The van der Waals surface area contributed by atoms with Crippen molar-refractivity contribution < 1.29 is 13.6 Å². The molecule has 1 rings (SSSR count). The Morgan fingerprint density at radius 2 is 2.18 bits per heavy atom. The summed E-state index contributed by atoms with van der Waals surface area (Å²) in [5.74, 6) is 0.102. The van der Waals surface area contributed by atoms with Gasteiger partial charge in [-0.3, -0.25) is 0 Å². The van der Waals surface area contributed by atoms with Gasteiger partial charge in [0.1, 0.15) is 5.84 Å². The summed E-state index contributed by atoms with van der Waals surface area (Å²) in [6, 6.07) is -0.241. The van der Waals surface area contributed by atoms with Crippen LogP contribution in [-0.4, -0.2) is 31.3 Å². The molecule has 100 valence electrons. The lowest BCUT2D eigenvalue weighted by molar-refractivity contribution is 0.312. The third-order valence-corrected chi connectivity index (χ3v) is 4.66. The van der Waals surface area contributed by atoms with E-state index in [1.165, 1.54) is 0 Å². The lowest BCUT2D eigenvalue weighted by Gasteiger charge is -2.20. The second-order valence-corrected chi connectivity index (χ2v) is 6.76. The Balaban J connectivity index is 2.68. The number of rotatable bonds is 5. The Kier molecular flexibility index (Phi) is 4.76. The van der Waals surface area contributed by atoms with Crippen LogP contribution in [0.1, 0.15) is 33.1 Å². The molecule has 0 spiro atoms. The zero-order chi connectivity index (χ0) is 13.1. The van der Waals surface area contributed by atoms with Crippen LogP contribution in [0.4, 0.5) is 0 Å². The van der Waals surface area contributed by atoms with Crippen molar-refractivity contribution in [1.29, 1.82) is 0 Å². The molecule has 1 aliphatic carbocycles. The van der Waals surface area contributed by atoms with Crippen molar-refractivity contribution in [3.63, 3.8) is 0 Å². The van der Waals surface area contributed by atoms with Crippen LogP contribution in [0.2, 0.25) is 0 Å². The van der Waals surface area contributed by atoms with Gasteiger partial charge >= 0.3 is 0 Å². The molecule has 2 unspecified atom stereocenters. The van der Waals surface area contributed by atoms with Gasteiger partial charge in [0.05, 0.1) is 5.75 Å². The van der Waals surface area contributed by atoms with Crippen molar-refractivity contribution in [2.45, 2.75) is 39.2 Å². The van der Waals surface area contributed by atoms with E-state index in [-0.39, 0.29) is 29.5 Å². The van der Waals surface area contributed by atoms with Gasteiger partial charge in [0.25, 0.3) is 0 Å².